The predicted molar refractivity (Wildman–Crippen MR) is 163 cm³/mol. The Bertz CT molecular complexity index is 1600. The van der Waals surface area contributed by atoms with E-state index in [9.17, 15) is 0 Å². The molecule has 2 fully saturated rings. The highest BCUT2D eigenvalue weighted by atomic mass is 35.5. The predicted octanol–water partition coefficient (Wildman–Crippen LogP) is 5.53. The van der Waals surface area contributed by atoms with Gasteiger partial charge in [-0.15, -0.1) is 0 Å². The Kier molecular flexibility index (Phi) is 8.29. The maximum absolute atomic E-state index is 7.03. The average molecular weight is 608 g/mol. The van der Waals surface area contributed by atoms with Crippen molar-refractivity contribution in [2.24, 2.45) is 5.41 Å². The first-order valence-electron chi connectivity index (χ1n) is 13.8. The molecule has 0 saturated carbocycles. The van der Waals surface area contributed by atoms with Crippen LogP contribution in [0.3, 0.4) is 0 Å². The Morgan fingerprint density at radius 3 is 1.93 bits per heavy atom. The Morgan fingerprint density at radius 1 is 0.857 bits per heavy atom. The molecule has 2 aliphatic rings. The molecule has 1 N–H and O–H groups in total. The zero-order valence-electron chi connectivity index (χ0n) is 23.8. The first kappa shape index (κ1) is 28.8. The van der Waals surface area contributed by atoms with Crippen LogP contribution in [0.15, 0.2) is 48.8 Å². The van der Waals surface area contributed by atoms with Crippen molar-refractivity contribution in [2.45, 2.75) is 19.5 Å². The normalized spacial score (nSPS) is 16.0. The first-order chi connectivity index (χ1) is 20.4. The van der Waals surface area contributed by atoms with Crippen molar-refractivity contribution in [1.82, 2.24) is 30.2 Å². The van der Waals surface area contributed by atoms with Gasteiger partial charge < -0.3 is 19.5 Å². The molecular formula is C31H32Cl2N6O3. The molecular weight excluding hydrogens is 575 g/mol. The van der Waals surface area contributed by atoms with Crippen LogP contribution in [0.4, 0.5) is 0 Å². The maximum atomic E-state index is 7.03. The van der Waals surface area contributed by atoms with Crippen molar-refractivity contribution in [3.05, 3.63) is 70.2 Å². The zero-order chi connectivity index (χ0) is 29.3. The molecule has 218 valence electrons. The highest BCUT2D eigenvalue weighted by Gasteiger charge is 2.45. The van der Waals surface area contributed by atoms with Gasteiger partial charge >= 0.3 is 0 Å². The largest absolute Gasteiger partial charge is 0.480 e. The van der Waals surface area contributed by atoms with E-state index in [1.54, 1.807) is 26.6 Å². The number of halogens is 2. The number of benzene rings is 2. The molecule has 0 aliphatic carbocycles. The minimum Gasteiger partial charge on any atom is -0.480 e. The van der Waals surface area contributed by atoms with Gasteiger partial charge in [0.05, 0.1) is 54.7 Å². The molecule has 6 rings (SSSR count). The van der Waals surface area contributed by atoms with Crippen LogP contribution in [0.5, 0.6) is 11.8 Å². The molecule has 1 spiro atoms. The average Bonchev–Trinajstić information content (AvgIpc) is 3.48. The molecule has 9 nitrogen and oxygen atoms in total. The van der Waals surface area contributed by atoms with E-state index < -0.39 is 0 Å². The third kappa shape index (κ3) is 5.43. The third-order valence-corrected chi connectivity index (χ3v) is 8.68. The summed E-state index contributed by atoms with van der Waals surface area (Å²) in [5.41, 5.74) is 6.03. The number of aromatic nitrogens is 4. The molecule has 0 radical (unpaired) electrons. The van der Waals surface area contributed by atoms with Gasteiger partial charge in [0.25, 0.3) is 0 Å². The Labute approximate surface area is 255 Å². The maximum Gasteiger partial charge on any atom is 0.237 e. The lowest BCUT2D eigenvalue weighted by Crippen LogP contribution is -2.56. The van der Waals surface area contributed by atoms with Gasteiger partial charge in [0.15, 0.2) is 0 Å². The zero-order valence-corrected chi connectivity index (χ0v) is 25.3. The lowest BCUT2D eigenvalue weighted by atomic mass is 9.79. The highest BCUT2D eigenvalue weighted by Crippen LogP contribution is 2.43. The van der Waals surface area contributed by atoms with E-state index in [1.165, 1.54) is 0 Å². The number of nitrogens with one attached hydrogen (secondary N) is 1. The standard InChI is InChI=1S/C31H32Cl2N6O3/c1-34-12-25-29(40-2)37-23(13-35-25)21-8-4-6-19(27(21)32)20-7-5-9-22(28(20)33)24-14-36-26(30(38-24)41-3)15-39-16-31(17-39)10-11-42-18-31/h4-9,13-14,34H,10-12,15-18H2,1-3H3. The number of ether oxygens (including phenoxy) is 3. The molecule has 2 saturated heterocycles. The van der Waals surface area contributed by atoms with Crippen molar-refractivity contribution in [2.75, 3.05) is 47.6 Å². The lowest BCUT2D eigenvalue weighted by molar-refractivity contribution is -0.0135. The molecule has 4 heterocycles. The van der Waals surface area contributed by atoms with Gasteiger partial charge in [-0.1, -0.05) is 59.6 Å². The molecule has 11 heteroatoms. The SMILES string of the molecule is CNCc1ncc(-c2cccc(-c3cccc(-c4cnc(CN5CC6(CCOC6)C5)c(OC)n4)c3Cl)c2Cl)nc1OC. The number of rotatable bonds is 9. The second-order valence-electron chi connectivity index (χ2n) is 10.7. The van der Waals surface area contributed by atoms with Gasteiger partial charge in [-0.05, 0) is 13.5 Å². The van der Waals surface area contributed by atoms with E-state index in [0.29, 0.717) is 57.4 Å². The molecule has 2 aliphatic heterocycles. The molecule has 2 aromatic carbocycles. The number of hydrogen-bond acceptors (Lipinski definition) is 9. The van der Waals surface area contributed by atoms with Crippen molar-refractivity contribution < 1.29 is 14.2 Å². The van der Waals surface area contributed by atoms with E-state index in [-0.39, 0.29) is 0 Å². The molecule has 2 aromatic heterocycles. The molecule has 0 amide bonds. The third-order valence-electron chi connectivity index (χ3n) is 7.87. The van der Waals surface area contributed by atoms with E-state index in [0.717, 1.165) is 60.7 Å². The summed E-state index contributed by atoms with van der Waals surface area (Å²) in [7, 11) is 5.04. The van der Waals surface area contributed by atoms with Gasteiger partial charge in [0, 0.05) is 60.5 Å². The fourth-order valence-electron chi connectivity index (χ4n) is 5.78. The quantitative estimate of drug-likeness (QED) is 0.264. The van der Waals surface area contributed by atoms with Gasteiger partial charge in [-0.25, -0.2) is 9.97 Å². The number of methoxy groups -OCH3 is 2. The van der Waals surface area contributed by atoms with Crippen LogP contribution in [-0.4, -0.2) is 72.4 Å². The van der Waals surface area contributed by atoms with Gasteiger partial charge in [0.1, 0.15) is 11.4 Å². The summed E-state index contributed by atoms with van der Waals surface area (Å²) < 4.78 is 16.7. The van der Waals surface area contributed by atoms with Crippen LogP contribution in [0, 0.1) is 5.41 Å². The van der Waals surface area contributed by atoms with Crippen molar-refractivity contribution in [3.63, 3.8) is 0 Å². The lowest BCUT2D eigenvalue weighted by Gasteiger charge is -2.47. The van der Waals surface area contributed by atoms with Crippen molar-refractivity contribution in [1.29, 1.82) is 0 Å². The molecule has 0 unspecified atom stereocenters. The van der Waals surface area contributed by atoms with Crippen LogP contribution in [0.1, 0.15) is 17.8 Å². The summed E-state index contributed by atoms with van der Waals surface area (Å²) in [6.07, 6.45) is 4.57. The summed E-state index contributed by atoms with van der Waals surface area (Å²) in [5, 5.41) is 4.09. The number of hydrogen-bond donors (Lipinski definition) is 1. The number of nitrogens with zero attached hydrogens (tertiary/aromatic N) is 5. The van der Waals surface area contributed by atoms with E-state index in [4.69, 9.17) is 47.4 Å². The van der Waals surface area contributed by atoms with Gasteiger partial charge in [0.2, 0.25) is 11.8 Å². The summed E-state index contributed by atoms with van der Waals surface area (Å²) in [4.78, 5) is 21.1. The van der Waals surface area contributed by atoms with E-state index in [2.05, 4.69) is 20.2 Å². The van der Waals surface area contributed by atoms with E-state index in [1.807, 2.05) is 43.4 Å². The van der Waals surface area contributed by atoms with Crippen LogP contribution >= 0.6 is 23.2 Å². The minimum absolute atomic E-state index is 0.307. The molecule has 42 heavy (non-hydrogen) atoms. The fraction of sp³-hybridized carbons (Fsp3) is 0.355. The molecule has 0 bridgehead atoms. The second-order valence-corrected chi connectivity index (χ2v) is 11.5. The Balaban J connectivity index is 1.29. The van der Waals surface area contributed by atoms with Crippen LogP contribution < -0.4 is 14.8 Å². The minimum atomic E-state index is 0.307. The monoisotopic (exact) mass is 606 g/mol. The molecule has 0 atom stereocenters. The summed E-state index contributed by atoms with van der Waals surface area (Å²) in [6.45, 7) is 4.93. The highest BCUT2D eigenvalue weighted by molar-refractivity contribution is 6.39. The Morgan fingerprint density at radius 2 is 1.40 bits per heavy atom. The second kappa shape index (κ2) is 12.1. The summed E-state index contributed by atoms with van der Waals surface area (Å²) >= 11 is 14.0. The van der Waals surface area contributed by atoms with E-state index >= 15 is 0 Å². The van der Waals surface area contributed by atoms with Crippen LogP contribution in [0.2, 0.25) is 10.0 Å². The first-order valence-corrected chi connectivity index (χ1v) is 14.5. The van der Waals surface area contributed by atoms with Crippen LogP contribution in [0.25, 0.3) is 33.6 Å². The van der Waals surface area contributed by atoms with Crippen LogP contribution in [-0.2, 0) is 17.8 Å². The van der Waals surface area contributed by atoms with Crippen molar-refractivity contribution >= 4 is 23.2 Å². The topological polar surface area (TPSA) is 94.5 Å². The molecule has 4 aromatic rings. The van der Waals surface area contributed by atoms with Gasteiger partial charge in [-0.2, -0.15) is 0 Å². The summed E-state index contributed by atoms with van der Waals surface area (Å²) in [6, 6.07) is 11.5. The van der Waals surface area contributed by atoms with Gasteiger partial charge in [-0.3, -0.25) is 14.9 Å². The van der Waals surface area contributed by atoms with Crippen molar-refractivity contribution in [3.8, 4) is 45.4 Å². The smallest absolute Gasteiger partial charge is 0.237 e. The Hall–Kier alpha value is -3.34. The fourth-order valence-corrected chi connectivity index (χ4v) is 6.43. The number of likely N-dealkylation sites (tertiary alicyclic amines) is 1. The summed E-state index contributed by atoms with van der Waals surface area (Å²) in [5.74, 6) is 0.937.